The quantitative estimate of drug-likeness (QED) is 0.847. The van der Waals surface area contributed by atoms with E-state index in [0.717, 1.165) is 36.4 Å². The highest BCUT2D eigenvalue weighted by atomic mass is 32.2. The Kier molecular flexibility index (Phi) is 5.06. The molecule has 1 amide bonds. The van der Waals surface area contributed by atoms with Gasteiger partial charge in [0.1, 0.15) is 0 Å². The molecule has 0 aliphatic carbocycles. The largest absolute Gasteiger partial charge is 0.481 e. The third-order valence-corrected chi connectivity index (χ3v) is 4.46. The van der Waals surface area contributed by atoms with Gasteiger partial charge in [-0.05, 0) is 37.5 Å². The number of rotatable bonds is 5. The van der Waals surface area contributed by atoms with Gasteiger partial charge in [0.25, 0.3) is 0 Å². The average molecular weight is 293 g/mol. The molecule has 0 bridgehead atoms. The van der Waals surface area contributed by atoms with Crippen molar-refractivity contribution in [2.75, 3.05) is 13.1 Å². The van der Waals surface area contributed by atoms with Crippen molar-refractivity contribution in [1.29, 1.82) is 0 Å². The lowest BCUT2D eigenvalue weighted by Crippen LogP contribution is -2.33. The Bertz CT molecular complexity index is 480. The zero-order valence-corrected chi connectivity index (χ0v) is 12.4. The van der Waals surface area contributed by atoms with Crippen LogP contribution in [0, 0.1) is 0 Å². The maximum Gasteiger partial charge on any atom is 0.307 e. The summed E-state index contributed by atoms with van der Waals surface area (Å²) in [6, 6.07) is 7.39. The lowest BCUT2D eigenvalue weighted by Gasteiger charge is -2.19. The summed E-state index contributed by atoms with van der Waals surface area (Å²) in [7, 11) is 0. The Morgan fingerprint density at radius 3 is 2.40 bits per heavy atom. The molecule has 0 aromatic heterocycles. The van der Waals surface area contributed by atoms with Crippen LogP contribution in [0.5, 0.6) is 0 Å². The standard InChI is InChI=1S/C15H19NO3S/c1-11(15(19)16-8-2-3-9-16)20-13-6-4-12(5-7-13)10-14(17)18/h4-7,11H,2-3,8-10H2,1H3,(H,17,18). The first-order valence-electron chi connectivity index (χ1n) is 6.82. The summed E-state index contributed by atoms with van der Waals surface area (Å²) in [6.45, 7) is 3.68. The molecule has 1 aromatic rings. The first-order valence-corrected chi connectivity index (χ1v) is 7.70. The molecular formula is C15H19NO3S. The van der Waals surface area contributed by atoms with Crippen molar-refractivity contribution >= 4 is 23.6 Å². The van der Waals surface area contributed by atoms with E-state index < -0.39 is 5.97 Å². The zero-order valence-electron chi connectivity index (χ0n) is 11.5. The molecule has 1 unspecified atom stereocenters. The number of carbonyl (C=O) groups is 2. The fourth-order valence-electron chi connectivity index (χ4n) is 2.31. The van der Waals surface area contributed by atoms with Crippen LogP contribution < -0.4 is 0 Å². The van der Waals surface area contributed by atoms with Crippen LogP contribution in [0.4, 0.5) is 0 Å². The smallest absolute Gasteiger partial charge is 0.307 e. The minimum Gasteiger partial charge on any atom is -0.481 e. The van der Waals surface area contributed by atoms with Crippen molar-refractivity contribution in [3.05, 3.63) is 29.8 Å². The van der Waals surface area contributed by atoms with E-state index >= 15 is 0 Å². The van der Waals surface area contributed by atoms with Crippen molar-refractivity contribution in [3.8, 4) is 0 Å². The highest BCUT2D eigenvalue weighted by Gasteiger charge is 2.23. The monoisotopic (exact) mass is 293 g/mol. The Labute approximate surface area is 123 Å². The molecule has 1 heterocycles. The maximum atomic E-state index is 12.2. The second kappa shape index (κ2) is 6.79. The molecule has 108 valence electrons. The first kappa shape index (κ1) is 14.9. The number of amides is 1. The maximum absolute atomic E-state index is 12.2. The van der Waals surface area contributed by atoms with Gasteiger partial charge in [0.05, 0.1) is 11.7 Å². The first-order chi connectivity index (χ1) is 9.56. The van der Waals surface area contributed by atoms with Crippen molar-refractivity contribution in [3.63, 3.8) is 0 Å². The van der Waals surface area contributed by atoms with Crippen molar-refractivity contribution in [2.24, 2.45) is 0 Å². The number of carboxylic acid groups (broad SMARTS) is 1. The van der Waals surface area contributed by atoms with Crippen LogP contribution in [0.3, 0.4) is 0 Å². The summed E-state index contributed by atoms with van der Waals surface area (Å²) < 4.78 is 0. The van der Waals surface area contributed by atoms with Gasteiger partial charge in [-0.2, -0.15) is 0 Å². The Morgan fingerprint density at radius 1 is 1.25 bits per heavy atom. The lowest BCUT2D eigenvalue weighted by atomic mass is 10.2. The number of benzene rings is 1. The van der Waals surface area contributed by atoms with Gasteiger partial charge in [-0.3, -0.25) is 9.59 Å². The second-order valence-electron chi connectivity index (χ2n) is 5.01. The summed E-state index contributed by atoms with van der Waals surface area (Å²) in [5, 5.41) is 8.62. The topological polar surface area (TPSA) is 57.6 Å². The van der Waals surface area contributed by atoms with Crippen LogP contribution in [0.1, 0.15) is 25.3 Å². The Balaban J connectivity index is 1.91. The number of carbonyl (C=O) groups excluding carboxylic acids is 1. The van der Waals surface area contributed by atoms with E-state index in [4.69, 9.17) is 5.11 Å². The van der Waals surface area contributed by atoms with Crippen LogP contribution >= 0.6 is 11.8 Å². The molecular weight excluding hydrogens is 274 g/mol. The van der Waals surface area contributed by atoms with E-state index in [1.54, 1.807) is 0 Å². The molecule has 0 spiro atoms. The summed E-state index contributed by atoms with van der Waals surface area (Å²) >= 11 is 1.53. The van der Waals surface area contributed by atoms with Crippen molar-refractivity contribution in [2.45, 2.75) is 36.3 Å². The van der Waals surface area contributed by atoms with E-state index in [2.05, 4.69) is 0 Å². The third-order valence-electron chi connectivity index (χ3n) is 3.36. The molecule has 2 rings (SSSR count). The van der Waals surface area contributed by atoms with Gasteiger partial charge in [-0.25, -0.2) is 0 Å². The van der Waals surface area contributed by atoms with E-state index in [1.807, 2.05) is 36.1 Å². The summed E-state index contributed by atoms with van der Waals surface area (Å²) in [5.41, 5.74) is 0.778. The summed E-state index contributed by atoms with van der Waals surface area (Å²) in [6.07, 6.45) is 2.24. The minimum atomic E-state index is -0.831. The van der Waals surface area contributed by atoms with Crippen LogP contribution in [-0.2, 0) is 16.0 Å². The number of nitrogens with zero attached hydrogens (tertiary/aromatic N) is 1. The predicted octanol–water partition coefficient (Wildman–Crippen LogP) is 2.42. The van der Waals surface area contributed by atoms with Crippen LogP contribution in [-0.4, -0.2) is 40.2 Å². The van der Waals surface area contributed by atoms with Gasteiger partial charge in [-0.1, -0.05) is 12.1 Å². The van der Waals surface area contributed by atoms with Gasteiger partial charge in [0, 0.05) is 18.0 Å². The average Bonchev–Trinajstić information content (AvgIpc) is 2.93. The SMILES string of the molecule is CC(Sc1ccc(CC(=O)O)cc1)C(=O)N1CCCC1. The fourth-order valence-corrected chi connectivity index (χ4v) is 3.26. The van der Waals surface area contributed by atoms with E-state index in [0.29, 0.717) is 0 Å². The van der Waals surface area contributed by atoms with E-state index in [-0.39, 0.29) is 17.6 Å². The number of aliphatic carboxylic acids is 1. The van der Waals surface area contributed by atoms with Gasteiger partial charge in [0.15, 0.2) is 0 Å². The molecule has 1 aliphatic heterocycles. The summed E-state index contributed by atoms with van der Waals surface area (Å²) in [5.74, 6) is -0.634. The normalized spacial score (nSPS) is 16.1. The van der Waals surface area contributed by atoms with Gasteiger partial charge in [-0.15, -0.1) is 11.8 Å². The molecule has 1 N–H and O–H groups in total. The van der Waals surface area contributed by atoms with Crippen LogP contribution in [0.25, 0.3) is 0 Å². The van der Waals surface area contributed by atoms with E-state index in [1.165, 1.54) is 11.8 Å². The molecule has 4 nitrogen and oxygen atoms in total. The van der Waals surface area contributed by atoms with E-state index in [9.17, 15) is 9.59 Å². The molecule has 1 fully saturated rings. The highest BCUT2D eigenvalue weighted by Crippen LogP contribution is 2.26. The lowest BCUT2D eigenvalue weighted by molar-refractivity contribution is -0.136. The third kappa shape index (κ3) is 4.00. The number of thioether (sulfide) groups is 1. The minimum absolute atomic E-state index is 0.0349. The Morgan fingerprint density at radius 2 is 1.85 bits per heavy atom. The summed E-state index contributed by atoms with van der Waals surface area (Å²) in [4.78, 5) is 25.7. The molecule has 0 saturated carbocycles. The number of carboxylic acids is 1. The molecule has 20 heavy (non-hydrogen) atoms. The molecule has 0 radical (unpaired) electrons. The number of hydrogen-bond donors (Lipinski definition) is 1. The second-order valence-corrected chi connectivity index (χ2v) is 6.42. The van der Waals surface area contributed by atoms with Crippen molar-refractivity contribution < 1.29 is 14.7 Å². The van der Waals surface area contributed by atoms with Crippen LogP contribution in [0.15, 0.2) is 29.2 Å². The molecule has 5 heteroatoms. The van der Waals surface area contributed by atoms with Crippen LogP contribution in [0.2, 0.25) is 0 Å². The highest BCUT2D eigenvalue weighted by molar-refractivity contribution is 8.00. The van der Waals surface area contributed by atoms with Gasteiger partial charge in [0.2, 0.25) is 5.91 Å². The Hall–Kier alpha value is -1.49. The predicted molar refractivity (Wildman–Crippen MR) is 78.9 cm³/mol. The molecule has 1 aliphatic rings. The fraction of sp³-hybridized carbons (Fsp3) is 0.467. The van der Waals surface area contributed by atoms with Gasteiger partial charge >= 0.3 is 5.97 Å². The van der Waals surface area contributed by atoms with Crippen molar-refractivity contribution in [1.82, 2.24) is 4.90 Å². The number of likely N-dealkylation sites (tertiary alicyclic amines) is 1. The molecule has 1 saturated heterocycles. The zero-order chi connectivity index (χ0) is 14.5. The molecule has 1 aromatic carbocycles. The van der Waals surface area contributed by atoms with Gasteiger partial charge < -0.3 is 10.0 Å². The molecule has 1 atom stereocenters. The number of hydrogen-bond acceptors (Lipinski definition) is 3.